The minimum atomic E-state index is -0.679. The summed E-state index contributed by atoms with van der Waals surface area (Å²) in [5, 5.41) is 9.53. The van der Waals surface area contributed by atoms with E-state index in [2.05, 4.69) is 0 Å². The topological polar surface area (TPSA) is 73.9 Å². The standard InChI is InChI=1S/C12H19NO4/c1-7(14)12(13)8-5-10(16-3)11(17-4)6-9(8)15-2/h5-7,12,14H,13H2,1-4H3. The average Bonchev–Trinajstić information content (AvgIpc) is 2.35. The zero-order valence-electron chi connectivity index (χ0n) is 10.6. The van der Waals surface area contributed by atoms with Gasteiger partial charge in [0, 0.05) is 11.6 Å². The maximum absolute atomic E-state index is 9.53. The highest BCUT2D eigenvalue weighted by Crippen LogP contribution is 2.37. The van der Waals surface area contributed by atoms with Crippen molar-refractivity contribution < 1.29 is 19.3 Å². The van der Waals surface area contributed by atoms with Crippen molar-refractivity contribution in [3.05, 3.63) is 17.7 Å². The summed E-state index contributed by atoms with van der Waals surface area (Å²) in [6.07, 6.45) is -0.679. The van der Waals surface area contributed by atoms with E-state index < -0.39 is 12.1 Å². The van der Waals surface area contributed by atoms with Crippen LogP contribution in [0.4, 0.5) is 0 Å². The van der Waals surface area contributed by atoms with Crippen LogP contribution in [0.3, 0.4) is 0 Å². The molecule has 1 aromatic carbocycles. The van der Waals surface area contributed by atoms with E-state index in [1.165, 1.54) is 0 Å². The monoisotopic (exact) mass is 241 g/mol. The lowest BCUT2D eigenvalue weighted by atomic mass is 10.0. The van der Waals surface area contributed by atoms with Gasteiger partial charge in [-0.05, 0) is 13.0 Å². The van der Waals surface area contributed by atoms with Crippen LogP contribution in [-0.4, -0.2) is 32.5 Å². The van der Waals surface area contributed by atoms with Crippen molar-refractivity contribution in [2.75, 3.05) is 21.3 Å². The summed E-state index contributed by atoms with van der Waals surface area (Å²) in [7, 11) is 4.63. The minimum Gasteiger partial charge on any atom is -0.496 e. The van der Waals surface area contributed by atoms with E-state index in [1.807, 2.05) is 0 Å². The van der Waals surface area contributed by atoms with Gasteiger partial charge in [-0.15, -0.1) is 0 Å². The van der Waals surface area contributed by atoms with Gasteiger partial charge in [0.25, 0.3) is 0 Å². The molecule has 0 fully saturated rings. The van der Waals surface area contributed by atoms with Crippen LogP contribution in [0.25, 0.3) is 0 Å². The Morgan fingerprint density at radius 3 is 1.88 bits per heavy atom. The highest BCUT2D eigenvalue weighted by Gasteiger charge is 2.20. The van der Waals surface area contributed by atoms with Crippen LogP contribution in [0.15, 0.2) is 12.1 Å². The van der Waals surface area contributed by atoms with Gasteiger partial charge in [-0.3, -0.25) is 0 Å². The van der Waals surface area contributed by atoms with Crippen molar-refractivity contribution >= 4 is 0 Å². The number of hydrogen-bond acceptors (Lipinski definition) is 5. The van der Waals surface area contributed by atoms with E-state index in [0.717, 1.165) is 0 Å². The number of rotatable bonds is 5. The minimum absolute atomic E-state index is 0.537. The van der Waals surface area contributed by atoms with Gasteiger partial charge in [-0.2, -0.15) is 0 Å². The van der Waals surface area contributed by atoms with Crippen molar-refractivity contribution in [2.45, 2.75) is 19.1 Å². The lowest BCUT2D eigenvalue weighted by Crippen LogP contribution is -2.23. The SMILES string of the molecule is COc1cc(OC)c(C(N)C(C)O)cc1OC. The third kappa shape index (κ3) is 2.81. The highest BCUT2D eigenvalue weighted by molar-refractivity contribution is 5.52. The van der Waals surface area contributed by atoms with Crippen molar-refractivity contribution in [2.24, 2.45) is 5.73 Å². The van der Waals surface area contributed by atoms with E-state index in [0.29, 0.717) is 22.8 Å². The number of aliphatic hydroxyl groups is 1. The molecule has 0 amide bonds. The van der Waals surface area contributed by atoms with Crippen LogP contribution >= 0.6 is 0 Å². The van der Waals surface area contributed by atoms with Crippen molar-refractivity contribution in [1.82, 2.24) is 0 Å². The number of ether oxygens (including phenoxy) is 3. The lowest BCUT2D eigenvalue weighted by Gasteiger charge is -2.20. The second kappa shape index (κ2) is 5.75. The summed E-state index contributed by atoms with van der Waals surface area (Å²) < 4.78 is 15.6. The van der Waals surface area contributed by atoms with Crippen LogP contribution < -0.4 is 19.9 Å². The fourth-order valence-corrected chi connectivity index (χ4v) is 1.57. The zero-order chi connectivity index (χ0) is 13.0. The molecule has 1 rings (SSSR count). The Labute approximate surface area is 101 Å². The van der Waals surface area contributed by atoms with E-state index >= 15 is 0 Å². The predicted octanol–water partition coefficient (Wildman–Crippen LogP) is 1.09. The number of benzene rings is 1. The third-order valence-electron chi connectivity index (χ3n) is 2.61. The van der Waals surface area contributed by atoms with Crippen LogP contribution in [-0.2, 0) is 0 Å². The molecule has 0 aliphatic rings. The molecule has 5 heteroatoms. The smallest absolute Gasteiger partial charge is 0.164 e. The van der Waals surface area contributed by atoms with Crippen LogP contribution in [0.2, 0.25) is 0 Å². The fraction of sp³-hybridized carbons (Fsp3) is 0.500. The summed E-state index contributed by atoms with van der Waals surface area (Å²) in [5.74, 6) is 1.68. The number of nitrogens with two attached hydrogens (primary N) is 1. The summed E-state index contributed by atoms with van der Waals surface area (Å²) in [6, 6.07) is 2.87. The summed E-state index contributed by atoms with van der Waals surface area (Å²) in [4.78, 5) is 0. The Morgan fingerprint density at radius 2 is 1.47 bits per heavy atom. The molecule has 96 valence electrons. The van der Waals surface area contributed by atoms with E-state index in [-0.39, 0.29) is 0 Å². The van der Waals surface area contributed by atoms with Crippen LogP contribution in [0.1, 0.15) is 18.5 Å². The first-order valence-corrected chi connectivity index (χ1v) is 5.28. The molecule has 0 bridgehead atoms. The Balaban J connectivity index is 3.28. The molecule has 0 aliphatic heterocycles. The molecule has 5 nitrogen and oxygen atoms in total. The second-order valence-corrected chi connectivity index (χ2v) is 3.72. The molecule has 1 aromatic rings. The molecule has 0 aliphatic carbocycles. The molecule has 0 spiro atoms. The third-order valence-corrected chi connectivity index (χ3v) is 2.61. The van der Waals surface area contributed by atoms with Crippen LogP contribution in [0, 0.1) is 0 Å². The zero-order valence-corrected chi connectivity index (χ0v) is 10.6. The average molecular weight is 241 g/mol. The number of aliphatic hydroxyl groups excluding tert-OH is 1. The molecule has 2 atom stereocenters. The molecular formula is C12H19NO4. The first-order chi connectivity index (χ1) is 8.04. The molecular weight excluding hydrogens is 222 g/mol. The normalized spacial score (nSPS) is 14.0. The summed E-state index contributed by atoms with van der Waals surface area (Å²) >= 11 is 0. The number of hydrogen-bond donors (Lipinski definition) is 2. The van der Waals surface area contributed by atoms with Gasteiger partial charge in [0.2, 0.25) is 0 Å². The quantitative estimate of drug-likeness (QED) is 0.807. The largest absolute Gasteiger partial charge is 0.496 e. The fourth-order valence-electron chi connectivity index (χ4n) is 1.57. The van der Waals surface area contributed by atoms with Gasteiger partial charge < -0.3 is 25.1 Å². The van der Waals surface area contributed by atoms with Crippen molar-refractivity contribution in [3.8, 4) is 17.2 Å². The summed E-state index contributed by atoms with van der Waals surface area (Å²) in [6.45, 7) is 1.63. The molecule has 2 unspecified atom stereocenters. The second-order valence-electron chi connectivity index (χ2n) is 3.72. The first-order valence-electron chi connectivity index (χ1n) is 5.28. The molecule has 0 aromatic heterocycles. The molecule has 3 N–H and O–H groups in total. The highest BCUT2D eigenvalue weighted by atomic mass is 16.5. The van der Waals surface area contributed by atoms with E-state index in [9.17, 15) is 5.11 Å². The Morgan fingerprint density at radius 1 is 1.00 bits per heavy atom. The first kappa shape index (κ1) is 13.6. The molecule has 17 heavy (non-hydrogen) atoms. The van der Waals surface area contributed by atoms with Gasteiger partial charge in [0.15, 0.2) is 11.5 Å². The molecule has 0 heterocycles. The van der Waals surface area contributed by atoms with Gasteiger partial charge >= 0.3 is 0 Å². The predicted molar refractivity (Wildman–Crippen MR) is 64.7 cm³/mol. The number of methoxy groups -OCH3 is 3. The van der Waals surface area contributed by atoms with Gasteiger partial charge in [-0.1, -0.05) is 0 Å². The van der Waals surface area contributed by atoms with Gasteiger partial charge in [-0.25, -0.2) is 0 Å². The molecule has 0 saturated heterocycles. The molecule has 0 saturated carbocycles. The Bertz CT molecular complexity index is 379. The Hall–Kier alpha value is -1.46. The van der Waals surface area contributed by atoms with E-state index in [4.69, 9.17) is 19.9 Å². The maximum atomic E-state index is 9.53. The van der Waals surface area contributed by atoms with Crippen LogP contribution in [0.5, 0.6) is 17.2 Å². The van der Waals surface area contributed by atoms with Crippen molar-refractivity contribution in [3.63, 3.8) is 0 Å². The molecule has 0 radical (unpaired) electrons. The lowest BCUT2D eigenvalue weighted by molar-refractivity contribution is 0.162. The van der Waals surface area contributed by atoms with E-state index in [1.54, 1.807) is 40.4 Å². The summed E-state index contributed by atoms with van der Waals surface area (Å²) in [5.41, 5.74) is 6.58. The van der Waals surface area contributed by atoms with Crippen molar-refractivity contribution in [1.29, 1.82) is 0 Å². The van der Waals surface area contributed by atoms with Gasteiger partial charge in [0.1, 0.15) is 5.75 Å². The van der Waals surface area contributed by atoms with Gasteiger partial charge in [0.05, 0.1) is 33.5 Å². The Kier molecular flexibility index (Phi) is 4.60. The maximum Gasteiger partial charge on any atom is 0.164 e.